The normalized spacial score (nSPS) is 24.2. The van der Waals surface area contributed by atoms with Crippen molar-refractivity contribution in [3.8, 4) is 5.75 Å². The molecule has 3 aromatic heterocycles. The highest BCUT2D eigenvalue weighted by atomic mass is 35.5. The monoisotopic (exact) mass is 709 g/mol. The summed E-state index contributed by atoms with van der Waals surface area (Å²) in [6, 6.07) is 5.50. The number of aromatic nitrogens is 5. The quantitative estimate of drug-likeness (QED) is 0.301. The van der Waals surface area contributed by atoms with Gasteiger partial charge in [0.2, 0.25) is 11.7 Å². The predicted molar refractivity (Wildman–Crippen MR) is 174 cm³/mol. The molecule has 4 unspecified atom stereocenters. The number of halogens is 4. The molecule has 0 bridgehead atoms. The van der Waals surface area contributed by atoms with E-state index in [1.165, 1.54) is 16.8 Å². The van der Waals surface area contributed by atoms with Crippen LogP contribution in [0.25, 0.3) is 11.4 Å². The summed E-state index contributed by atoms with van der Waals surface area (Å²) >= 11 is 6.15. The summed E-state index contributed by atoms with van der Waals surface area (Å²) in [6.45, 7) is 2.84. The van der Waals surface area contributed by atoms with Gasteiger partial charge in [0.25, 0.3) is 11.5 Å². The molecule has 16 heteroatoms. The van der Waals surface area contributed by atoms with Crippen LogP contribution in [0.4, 0.5) is 18.9 Å². The Morgan fingerprint density at radius 2 is 2.06 bits per heavy atom. The molecule has 4 aliphatic rings. The first kappa shape index (κ1) is 32.4. The average Bonchev–Trinajstić information content (AvgIpc) is 3.68. The number of aromatic hydroxyl groups is 1. The van der Waals surface area contributed by atoms with E-state index >= 15 is 0 Å². The van der Waals surface area contributed by atoms with Gasteiger partial charge in [0, 0.05) is 35.5 Å². The van der Waals surface area contributed by atoms with Crippen molar-refractivity contribution in [2.45, 2.75) is 62.7 Å². The summed E-state index contributed by atoms with van der Waals surface area (Å²) in [7, 11) is 0. The number of hydrogen-bond acceptors (Lipinski definition) is 8. The molecular weight excluding hydrogens is 679 g/mol. The molecule has 1 saturated heterocycles. The number of rotatable bonds is 5. The Balaban J connectivity index is 1.19. The van der Waals surface area contributed by atoms with E-state index in [1.54, 1.807) is 15.5 Å². The smallest absolute Gasteiger partial charge is 0.416 e. The Morgan fingerprint density at radius 3 is 2.78 bits per heavy atom. The average molecular weight is 710 g/mol. The van der Waals surface area contributed by atoms with Gasteiger partial charge in [0.05, 0.1) is 29.5 Å². The third kappa shape index (κ3) is 5.16. The summed E-state index contributed by atoms with van der Waals surface area (Å²) < 4.78 is 48.1. The maximum absolute atomic E-state index is 14.5. The lowest BCUT2D eigenvalue weighted by Crippen LogP contribution is -2.48. The van der Waals surface area contributed by atoms with Crippen molar-refractivity contribution in [3.63, 3.8) is 0 Å². The first-order valence-electron chi connectivity index (χ1n) is 16.3. The van der Waals surface area contributed by atoms with E-state index in [-0.39, 0.29) is 63.8 Å². The number of amides is 2. The van der Waals surface area contributed by atoms with E-state index in [2.05, 4.69) is 15.4 Å². The molecular formula is C34H31ClF3N7O5. The number of likely N-dealkylation sites (tertiary alicyclic amines) is 1. The van der Waals surface area contributed by atoms with Crippen molar-refractivity contribution in [2.75, 3.05) is 25.1 Å². The number of anilines is 1. The first-order chi connectivity index (χ1) is 23.9. The van der Waals surface area contributed by atoms with Gasteiger partial charge in [-0.25, -0.2) is 4.98 Å². The molecule has 2 aliphatic heterocycles. The Labute approximate surface area is 287 Å². The van der Waals surface area contributed by atoms with E-state index in [1.807, 2.05) is 13.0 Å². The zero-order chi connectivity index (χ0) is 35.1. The molecule has 50 heavy (non-hydrogen) atoms. The predicted octanol–water partition coefficient (Wildman–Crippen LogP) is 4.79. The molecule has 0 radical (unpaired) electrons. The second-order valence-electron chi connectivity index (χ2n) is 13.4. The van der Waals surface area contributed by atoms with Crippen molar-refractivity contribution in [1.82, 2.24) is 29.0 Å². The molecule has 1 spiro atoms. The fourth-order valence-electron chi connectivity index (χ4n) is 8.25. The Bertz CT molecular complexity index is 2180. The largest absolute Gasteiger partial charge is 0.505 e. The third-order valence-corrected chi connectivity index (χ3v) is 10.8. The maximum Gasteiger partial charge on any atom is 0.416 e. The topological polar surface area (TPSA) is 144 Å². The summed E-state index contributed by atoms with van der Waals surface area (Å²) in [5.41, 5.74) is 0.0967. The van der Waals surface area contributed by atoms with Gasteiger partial charge >= 0.3 is 6.18 Å². The molecule has 8 rings (SSSR count). The van der Waals surface area contributed by atoms with Crippen molar-refractivity contribution >= 4 is 40.5 Å². The molecule has 260 valence electrons. The van der Waals surface area contributed by atoms with Crippen molar-refractivity contribution in [2.24, 2.45) is 5.92 Å². The molecule has 4 atom stereocenters. The molecule has 4 aromatic rings. The number of nitrogens with zero attached hydrogens (tertiary/aromatic N) is 6. The van der Waals surface area contributed by atoms with E-state index in [4.69, 9.17) is 21.3 Å². The maximum atomic E-state index is 14.5. The lowest BCUT2D eigenvalue weighted by molar-refractivity contribution is -0.137. The minimum Gasteiger partial charge on any atom is -0.505 e. The van der Waals surface area contributed by atoms with Gasteiger partial charge in [-0.05, 0) is 73.4 Å². The van der Waals surface area contributed by atoms with E-state index in [0.717, 1.165) is 23.8 Å². The number of pyridine rings is 1. The summed E-state index contributed by atoms with van der Waals surface area (Å²) in [5, 5.41) is 17.3. The summed E-state index contributed by atoms with van der Waals surface area (Å²) in [4.78, 5) is 52.2. The van der Waals surface area contributed by atoms with Crippen LogP contribution >= 0.6 is 11.6 Å². The van der Waals surface area contributed by atoms with Crippen LogP contribution in [0, 0.1) is 5.92 Å². The first-order valence-corrected chi connectivity index (χ1v) is 16.7. The highest BCUT2D eigenvalue weighted by molar-refractivity contribution is 6.33. The van der Waals surface area contributed by atoms with Gasteiger partial charge in [-0.2, -0.15) is 22.7 Å². The fraction of sp³-hybridized carbons (Fsp3) is 0.412. The molecule has 2 amide bonds. The van der Waals surface area contributed by atoms with Crippen molar-refractivity contribution in [1.29, 1.82) is 0 Å². The highest BCUT2D eigenvalue weighted by Crippen LogP contribution is 2.62. The van der Waals surface area contributed by atoms with Gasteiger partial charge in [-0.1, -0.05) is 24.6 Å². The van der Waals surface area contributed by atoms with Gasteiger partial charge in [0.15, 0.2) is 11.5 Å². The van der Waals surface area contributed by atoms with E-state index < -0.39 is 23.1 Å². The van der Waals surface area contributed by atoms with Crippen LogP contribution in [0.3, 0.4) is 0 Å². The lowest BCUT2D eigenvalue weighted by Gasteiger charge is -2.39. The SMILES string of the molecule is CC1CC2(CCN(C(=O)c3ncccc3O)C3CC32)c2c1n(CC(=O)Nc1ccc(C(F)(F)F)cc1Cl)c1nc(C3=CCOCC3)nn1c2=O. The zero-order valence-corrected chi connectivity index (χ0v) is 27.5. The molecule has 12 nitrogen and oxygen atoms in total. The van der Waals surface area contributed by atoms with E-state index in [0.29, 0.717) is 62.5 Å². The minimum absolute atomic E-state index is 0.00853. The summed E-state index contributed by atoms with van der Waals surface area (Å²) in [5.74, 6) is -0.867. The third-order valence-electron chi connectivity index (χ3n) is 10.5. The second kappa shape index (κ2) is 11.7. The lowest BCUT2D eigenvalue weighted by atomic mass is 9.72. The van der Waals surface area contributed by atoms with Crippen LogP contribution in [0.15, 0.2) is 47.4 Å². The molecule has 2 fully saturated rings. The number of nitrogens with one attached hydrogen (secondary N) is 1. The minimum atomic E-state index is -4.60. The number of ether oxygens (including phenoxy) is 1. The standard InChI is InChI=1S/C34H31ClF3N7O5/c1-17-15-33(8-10-43(23-14-20(23)33)31(49)27-24(46)3-2-9-39-27)26-28(17)44(16-25(47)40-22-5-4-19(13-21(22)35)34(36,37)38)32-41-29(42-45(32)30(26)48)18-6-11-50-12-7-18/h2-6,9,13,17,20,23,46H,7-8,10-12,14-16H2,1H3,(H,40,47). The second-order valence-corrected chi connectivity index (χ2v) is 13.8. The summed E-state index contributed by atoms with van der Waals surface area (Å²) in [6.07, 6.45) is 0.979. The van der Waals surface area contributed by atoms with Crippen LogP contribution in [0.1, 0.15) is 71.7 Å². The number of carbonyl (C=O) groups excluding carboxylic acids is 2. The van der Waals surface area contributed by atoms with Gasteiger partial charge in [-0.15, -0.1) is 5.10 Å². The molecule has 2 aliphatic carbocycles. The van der Waals surface area contributed by atoms with E-state index in [9.17, 15) is 32.7 Å². The van der Waals surface area contributed by atoms with Gasteiger partial charge < -0.3 is 24.6 Å². The fourth-order valence-corrected chi connectivity index (χ4v) is 8.48. The van der Waals surface area contributed by atoms with Crippen LogP contribution in [-0.4, -0.2) is 71.8 Å². The number of fused-ring (bicyclic) bond motifs is 5. The highest BCUT2D eigenvalue weighted by Gasteiger charge is 2.64. The van der Waals surface area contributed by atoms with Crippen molar-refractivity contribution in [3.05, 3.63) is 86.3 Å². The Morgan fingerprint density at radius 1 is 1.24 bits per heavy atom. The van der Waals surface area contributed by atoms with Gasteiger partial charge in [-0.3, -0.25) is 14.4 Å². The number of benzene rings is 1. The van der Waals surface area contributed by atoms with Crippen LogP contribution in [-0.2, 0) is 27.7 Å². The molecule has 1 saturated carbocycles. The number of carbonyl (C=O) groups is 2. The molecule has 5 heterocycles. The van der Waals surface area contributed by atoms with Crippen LogP contribution in [0.5, 0.6) is 5.75 Å². The number of alkyl halides is 3. The number of hydrogen-bond donors (Lipinski definition) is 2. The zero-order valence-electron chi connectivity index (χ0n) is 26.7. The van der Waals surface area contributed by atoms with Gasteiger partial charge in [0.1, 0.15) is 12.3 Å². The molecule has 1 aromatic carbocycles. The Kier molecular flexibility index (Phi) is 7.56. The molecule has 2 N–H and O–H groups in total. The van der Waals surface area contributed by atoms with Crippen molar-refractivity contribution < 1.29 is 32.6 Å². The van der Waals surface area contributed by atoms with Crippen LogP contribution in [0.2, 0.25) is 5.02 Å². The number of piperidine rings is 1. The Hall–Kier alpha value is -4.76. The van der Waals surface area contributed by atoms with Crippen LogP contribution < -0.4 is 10.9 Å².